The molecule has 1 heteroatoms. The lowest BCUT2D eigenvalue weighted by Gasteiger charge is -2.12. The molecule has 0 bridgehead atoms. The van der Waals surface area contributed by atoms with E-state index in [9.17, 15) is 0 Å². The van der Waals surface area contributed by atoms with Gasteiger partial charge in [0.15, 0.2) is 0 Å². The van der Waals surface area contributed by atoms with Crippen LogP contribution in [0.15, 0.2) is 35.9 Å². The SMILES string of the molecule is C=C(Cl)/C=C\C(=C)C(C)CCC(C)C. The highest BCUT2D eigenvalue weighted by Crippen LogP contribution is 2.19. The molecule has 0 spiro atoms. The van der Waals surface area contributed by atoms with E-state index in [4.69, 9.17) is 11.6 Å². The first-order valence-corrected chi connectivity index (χ1v) is 5.52. The average molecular weight is 213 g/mol. The van der Waals surface area contributed by atoms with Gasteiger partial charge in [0.1, 0.15) is 0 Å². The number of halogens is 1. The molecular weight excluding hydrogens is 192 g/mol. The van der Waals surface area contributed by atoms with Crippen LogP contribution in [0.25, 0.3) is 0 Å². The molecule has 0 rings (SSSR count). The summed E-state index contributed by atoms with van der Waals surface area (Å²) in [6.07, 6.45) is 6.20. The molecule has 1 unspecified atom stereocenters. The summed E-state index contributed by atoms with van der Waals surface area (Å²) in [7, 11) is 0. The lowest BCUT2D eigenvalue weighted by molar-refractivity contribution is 0.494. The third-order valence-corrected chi connectivity index (χ3v) is 2.41. The van der Waals surface area contributed by atoms with Crippen LogP contribution in [0.4, 0.5) is 0 Å². The minimum Gasteiger partial charge on any atom is -0.0956 e. The third-order valence-electron chi connectivity index (χ3n) is 2.29. The molecule has 0 amide bonds. The Hall–Kier alpha value is -0.490. The van der Waals surface area contributed by atoms with Gasteiger partial charge < -0.3 is 0 Å². The van der Waals surface area contributed by atoms with Crippen molar-refractivity contribution in [2.75, 3.05) is 0 Å². The lowest BCUT2D eigenvalue weighted by atomic mass is 9.93. The van der Waals surface area contributed by atoms with E-state index in [0.717, 1.165) is 11.5 Å². The van der Waals surface area contributed by atoms with E-state index in [0.29, 0.717) is 11.0 Å². The summed E-state index contributed by atoms with van der Waals surface area (Å²) in [5.74, 6) is 1.29. The number of hydrogen-bond acceptors (Lipinski definition) is 0. The van der Waals surface area contributed by atoms with Gasteiger partial charge in [-0.05, 0) is 24.3 Å². The first kappa shape index (κ1) is 13.5. The molecule has 0 saturated heterocycles. The van der Waals surface area contributed by atoms with Gasteiger partial charge in [-0.3, -0.25) is 0 Å². The Balaban J connectivity index is 3.93. The Morgan fingerprint density at radius 2 is 1.71 bits per heavy atom. The number of hydrogen-bond donors (Lipinski definition) is 0. The second-order valence-corrected chi connectivity index (χ2v) is 4.71. The molecule has 0 heterocycles. The average Bonchev–Trinajstić information content (AvgIpc) is 2.09. The number of allylic oxidation sites excluding steroid dienone is 4. The van der Waals surface area contributed by atoms with Crippen molar-refractivity contribution in [3.05, 3.63) is 35.9 Å². The van der Waals surface area contributed by atoms with E-state index in [1.165, 1.54) is 12.8 Å². The van der Waals surface area contributed by atoms with Crippen LogP contribution in [0.1, 0.15) is 33.6 Å². The van der Waals surface area contributed by atoms with Crippen molar-refractivity contribution in [1.29, 1.82) is 0 Å². The Morgan fingerprint density at radius 3 is 2.14 bits per heavy atom. The zero-order valence-electron chi connectivity index (χ0n) is 9.52. The summed E-state index contributed by atoms with van der Waals surface area (Å²) in [5, 5.41) is 0.558. The zero-order chi connectivity index (χ0) is 11.1. The molecule has 0 aromatic carbocycles. The van der Waals surface area contributed by atoms with Crippen LogP contribution in [-0.2, 0) is 0 Å². The van der Waals surface area contributed by atoms with Crippen LogP contribution in [0, 0.1) is 11.8 Å². The van der Waals surface area contributed by atoms with E-state index >= 15 is 0 Å². The molecule has 0 saturated carbocycles. The van der Waals surface area contributed by atoms with E-state index in [1.807, 2.05) is 6.08 Å². The van der Waals surface area contributed by atoms with Gasteiger partial charge in [0.25, 0.3) is 0 Å². The van der Waals surface area contributed by atoms with Crippen molar-refractivity contribution in [3.8, 4) is 0 Å². The molecular formula is C13H21Cl. The predicted octanol–water partition coefficient (Wildman–Crippen LogP) is 4.92. The lowest BCUT2D eigenvalue weighted by Crippen LogP contribution is -1.99. The molecule has 80 valence electrons. The zero-order valence-corrected chi connectivity index (χ0v) is 10.3. The molecule has 0 fully saturated rings. The first-order valence-electron chi connectivity index (χ1n) is 5.14. The summed E-state index contributed by atoms with van der Waals surface area (Å²) in [6, 6.07) is 0. The van der Waals surface area contributed by atoms with Gasteiger partial charge in [-0.15, -0.1) is 0 Å². The first-order chi connectivity index (χ1) is 6.43. The maximum absolute atomic E-state index is 5.63. The van der Waals surface area contributed by atoms with Crippen molar-refractivity contribution < 1.29 is 0 Å². The summed E-state index contributed by atoms with van der Waals surface area (Å²) >= 11 is 5.63. The molecule has 1 atom stereocenters. The van der Waals surface area contributed by atoms with Crippen molar-refractivity contribution >= 4 is 11.6 Å². The van der Waals surface area contributed by atoms with Crippen molar-refractivity contribution in [3.63, 3.8) is 0 Å². The molecule has 14 heavy (non-hydrogen) atoms. The highest BCUT2D eigenvalue weighted by Gasteiger charge is 2.05. The fraction of sp³-hybridized carbons (Fsp3) is 0.538. The summed E-state index contributed by atoms with van der Waals surface area (Å²) < 4.78 is 0. The third kappa shape index (κ3) is 6.97. The van der Waals surface area contributed by atoms with E-state index < -0.39 is 0 Å². The molecule has 0 aliphatic carbocycles. The molecule has 0 radical (unpaired) electrons. The normalized spacial score (nSPS) is 13.5. The standard InChI is InChI=1S/C13H21Cl/c1-10(2)6-7-11(3)12(4)8-9-13(5)14/h8-11H,4-7H2,1-3H3/b9-8-. The van der Waals surface area contributed by atoms with Gasteiger partial charge >= 0.3 is 0 Å². The summed E-state index contributed by atoms with van der Waals surface area (Å²) in [5.41, 5.74) is 1.13. The fourth-order valence-electron chi connectivity index (χ4n) is 1.13. The monoisotopic (exact) mass is 212 g/mol. The van der Waals surface area contributed by atoms with Gasteiger partial charge in [-0.2, -0.15) is 0 Å². The van der Waals surface area contributed by atoms with E-state index in [-0.39, 0.29) is 0 Å². The quantitative estimate of drug-likeness (QED) is 0.548. The second kappa shape index (κ2) is 6.89. The van der Waals surface area contributed by atoms with Crippen molar-refractivity contribution in [2.45, 2.75) is 33.6 Å². The number of rotatable bonds is 6. The van der Waals surface area contributed by atoms with Gasteiger partial charge in [-0.25, -0.2) is 0 Å². The van der Waals surface area contributed by atoms with Crippen molar-refractivity contribution in [2.24, 2.45) is 11.8 Å². The highest BCUT2D eigenvalue weighted by atomic mass is 35.5. The molecule has 0 aliphatic heterocycles. The smallest absolute Gasteiger partial charge is 0.0334 e. The van der Waals surface area contributed by atoms with Crippen LogP contribution in [0.3, 0.4) is 0 Å². The fourth-order valence-corrected chi connectivity index (χ4v) is 1.19. The van der Waals surface area contributed by atoms with Crippen LogP contribution < -0.4 is 0 Å². The summed E-state index contributed by atoms with van der Waals surface area (Å²) in [6.45, 7) is 14.3. The Kier molecular flexibility index (Phi) is 6.65. The van der Waals surface area contributed by atoms with Crippen LogP contribution >= 0.6 is 11.6 Å². The highest BCUT2D eigenvalue weighted by molar-refractivity contribution is 6.30. The Bertz CT molecular complexity index is 223. The molecule has 0 N–H and O–H groups in total. The molecule has 0 aliphatic rings. The largest absolute Gasteiger partial charge is 0.0956 e. The van der Waals surface area contributed by atoms with E-state index in [2.05, 4.69) is 33.9 Å². The maximum Gasteiger partial charge on any atom is 0.0334 e. The Morgan fingerprint density at radius 1 is 1.14 bits per heavy atom. The van der Waals surface area contributed by atoms with Gasteiger partial charge in [-0.1, -0.05) is 63.6 Å². The van der Waals surface area contributed by atoms with Crippen LogP contribution in [0.5, 0.6) is 0 Å². The topological polar surface area (TPSA) is 0 Å². The molecule has 0 aromatic heterocycles. The Labute approximate surface area is 93.4 Å². The summed E-state index contributed by atoms with van der Waals surface area (Å²) in [4.78, 5) is 0. The van der Waals surface area contributed by atoms with Crippen LogP contribution in [0.2, 0.25) is 0 Å². The van der Waals surface area contributed by atoms with E-state index in [1.54, 1.807) is 6.08 Å². The predicted molar refractivity (Wildman–Crippen MR) is 66.5 cm³/mol. The van der Waals surface area contributed by atoms with Crippen LogP contribution in [-0.4, -0.2) is 0 Å². The minimum absolute atomic E-state index is 0.532. The minimum atomic E-state index is 0.532. The van der Waals surface area contributed by atoms with Crippen molar-refractivity contribution in [1.82, 2.24) is 0 Å². The van der Waals surface area contributed by atoms with Gasteiger partial charge in [0.05, 0.1) is 0 Å². The van der Waals surface area contributed by atoms with Gasteiger partial charge in [0, 0.05) is 5.03 Å². The molecule has 0 aromatic rings. The molecule has 0 nitrogen and oxygen atoms in total. The maximum atomic E-state index is 5.63. The second-order valence-electron chi connectivity index (χ2n) is 4.23. The van der Waals surface area contributed by atoms with Gasteiger partial charge in [0.2, 0.25) is 0 Å².